The predicted octanol–water partition coefficient (Wildman–Crippen LogP) is 1.22. The monoisotopic (exact) mass is 288 g/mol. The minimum absolute atomic E-state index is 0. The first-order valence-corrected chi connectivity index (χ1v) is 7.33. The third-order valence-electron chi connectivity index (χ3n) is 5.00. The van der Waals surface area contributed by atoms with Gasteiger partial charge in [0.25, 0.3) is 0 Å². The van der Waals surface area contributed by atoms with E-state index >= 15 is 0 Å². The van der Waals surface area contributed by atoms with Gasteiger partial charge in [0, 0.05) is 30.5 Å². The molecule has 2 heterocycles. The molecule has 3 aliphatic rings. The molecule has 2 unspecified atom stereocenters. The predicted molar refractivity (Wildman–Crippen MR) is 76.3 cm³/mol. The molecule has 2 aliphatic heterocycles. The van der Waals surface area contributed by atoms with Crippen LogP contribution in [0.5, 0.6) is 0 Å². The summed E-state index contributed by atoms with van der Waals surface area (Å²) in [5.74, 6) is 0.744. The number of carbonyl (C=O) groups is 1. The standard InChI is InChI=1S/C14H24N2O2.ClH/c17-9-14(3-4-14)8-15-13(18)7-10-5-11-1-2-12(6-10)16-11;/h10-12,16-17H,1-9H2,(H,15,18);1H. The van der Waals surface area contributed by atoms with Crippen LogP contribution in [0.1, 0.15) is 44.9 Å². The molecular formula is C14H25ClN2O2. The van der Waals surface area contributed by atoms with Crippen molar-refractivity contribution < 1.29 is 9.90 Å². The fraction of sp³-hybridized carbons (Fsp3) is 0.929. The molecule has 2 atom stereocenters. The van der Waals surface area contributed by atoms with Crippen LogP contribution in [0.4, 0.5) is 0 Å². The van der Waals surface area contributed by atoms with Crippen molar-refractivity contribution in [2.75, 3.05) is 13.2 Å². The van der Waals surface area contributed by atoms with Crippen LogP contribution in [0.2, 0.25) is 0 Å². The lowest BCUT2D eigenvalue weighted by atomic mass is 9.89. The Bertz CT molecular complexity index is 321. The van der Waals surface area contributed by atoms with E-state index in [1.807, 2.05) is 0 Å². The quantitative estimate of drug-likeness (QED) is 0.713. The van der Waals surface area contributed by atoms with Gasteiger partial charge in [0.2, 0.25) is 5.91 Å². The Labute approximate surface area is 121 Å². The van der Waals surface area contributed by atoms with Crippen molar-refractivity contribution in [2.24, 2.45) is 11.3 Å². The van der Waals surface area contributed by atoms with Gasteiger partial charge in [0.05, 0.1) is 6.61 Å². The highest BCUT2D eigenvalue weighted by atomic mass is 35.5. The molecule has 3 fully saturated rings. The van der Waals surface area contributed by atoms with Crippen molar-refractivity contribution in [1.29, 1.82) is 0 Å². The molecule has 0 spiro atoms. The van der Waals surface area contributed by atoms with Crippen molar-refractivity contribution in [3.63, 3.8) is 0 Å². The lowest BCUT2D eigenvalue weighted by Crippen LogP contribution is -2.40. The van der Waals surface area contributed by atoms with E-state index < -0.39 is 0 Å². The number of rotatable bonds is 5. The minimum atomic E-state index is 0. The van der Waals surface area contributed by atoms with Gasteiger partial charge in [-0.25, -0.2) is 0 Å². The fourth-order valence-electron chi connectivity index (χ4n) is 3.53. The lowest BCUT2D eigenvalue weighted by Gasteiger charge is -2.28. The summed E-state index contributed by atoms with van der Waals surface area (Å²) in [7, 11) is 0. The Kier molecular flexibility index (Phi) is 4.75. The van der Waals surface area contributed by atoms with Crippen LogP contribution in [-0.4, -0.2) is 36.2 Å². The van der Waals surface area contributed by atoms with Gasteiger partial charge in [-0.05, 0) is 44.4 Å². The van der Waals surface area contributed by atoms with Gasteiger partial charge in [-0.2, -0.15) is 0 Å². The van der Waals surface area contributed by atoms with E-state index in [-0.39, 0.29) is 30.3 Å². The second-order valence-electron chi connectivity index (χ2n) is 6.61. The van der Waals surface area contributed by atoms with Crippen LogP contribution in [0, 0.1) is 11.3 Å². The molecule has 2 saturated heterocycles. The summed E-state index contributed by atoms with van der Waals surface area (Å²) >= 11 is 0. The molecule has 4 nitrogen and oxygen atoms in total. The topological polar surface area (TPSA) is 61.4 Å². The van der Waals surface area contributed by atoms with Crippen LogP contribution in [-0.2, 0) is 4.79 Å². The van der Waals surface area contributed by atoms with E-state index in [9.17, 15) is 9.90 Å². The number of aliphatic hydroxyl groups excluding tert-OH is 1. The molecule has 3 N–H and O–H groups in total. The second kappa shape index (κ2) is 5.98. The van der Waals surface area contributed by atoms with E-state index in [0.29, 0.717) is 31.0 Å². The zero-order valence-electron chi connectivity index (χ0n) is 11.4. The van der Waals surface area contributed by atoms with E-state index in [2.05, 4.69) is 10.6 Å². The van der Waals surface area contributed by atoms with Crippen LogP contribution in [0.25, 0.3) is 0 Å². The normalized spacial score (nSPS) is 34.5. The van der Waals surface area contributed by atoms with E-state index in [1.54, 1.807) is 0 Å². The molecule has 5 heteroatoms. The van der Waals surface area contributed by atoms with Gasteiger partial charge in [0.1, 0.15) is 0 Å². The summed E-state index contributed by atoms with van der Waals surface area (Å²) in [4.78, 5) is 11.9. The zero-order valence-corrected chi connectivity index (χ0v) is 12.2. The number of nitrogens with one attached hydrogen (secondary N) is 2. The molecule has 0 aromatic heterocycles. The van der Waals surface area contributed by atoms with Crippen LogP contribution < -0.4 is 10.6 Å². The highest BCUT2D eigenvalue weighted by molar-refractivity contribution is 5.85. The van der Waals surface area contributed by atoms with Crippen molar-refractivity contribution in [2.45, 2.75) is 57.0 Å². The third-order valence-corrected chi connectivity index (χ3v) is 5.00. The minimum Gasteiger partial charge on any atom is -0.396 e. The van der Waals surface area contributed by atoms with Gasteiger partial charge in [-0.1, -0.05) is 0 Å². The molecule has 19 heavy (non-hydrogen) atoms. The smallest absolute Gasteiger partial charge is 0.220 e. The summed E-state index contributed by atoms with van der Waals surface area (Å²) < 4.78 is 0. The number of carbonyl (C=O) groups excluding carboxylic acids is 1. The SMILES string of the molecule is Cl.O=C(CC1CC2CCC(C1)N2)NCC1(CO)CC1. The second-order valence-corrected chi connectivity index (χ2v) is 6.61. The fourth-order valence-corrected chi connectivity index (χ4v) is 3.53. The molecule has 0 aromatic carbocycles. The van der Waals surface area contributed by atoms with Gasteiger partial charge in [0.15, 0.2) is 0 Å². The first kappa shape index (κ1) is 15.1. The van der Waals surface area contributed by atoms with Gasteiger partial charge < -0.3 is 15.7 Å². The molecule has 110 valence electrons. The van der Waals surface area contributed by atoms with E-state index in [4.69, 9.17) is 0 Å². The Morgan fingerprint density at radius 1 is 1.26 bits per heavy atom. The molecule has 3 rings (SSSR count). The number of hydrogen-bond donors (Lipinski definition) is 3. The lowest BCUT2D eigenvalue weighted by molar-refractivity contribution is -0.122. The number of amides is 1. The Morgan fingerprint density at radius 3 is 2.42 bits per heavy atom. The van der Waals surface area contributed by atoms with Gasteiger partial charge in [-0.15, -0.1) is 12.4 Å². The number of fused-ring (bicyclic) bond motifs is 2. The largest absolute Gasteiger partial charge is 0.396 e. The molecule has 2 bridgehead atoms. The van der Waals surface area contributed by atoms with Crippen molar-refractivity contribution in [3.8, 4) is 0 Å². The zero-order chi connectivity index (χ0) is 12.6. The Balaban J connectivity index is 0.00000133. The van der Waals surface area contributed by atoms with E-state index in [0.717, 1.165) is 25.7 Å². The third kappa shape index (κ3) is 3.61. The van der Waals surface area contributed by atoms with Gasteiger partial charge >= 0.3 is 0 Å². The summed E-state index contributed by atoms with van der Waals surface area (Å²) in [6.07, 6.45) is 7.69. The maximum absolute atomic E-state index is 11.9. The first-order valence-electron chi connectivity index (χ1n) is 7.33. The summed E-state index contributed by atoms with van der Waals surface area (Å²) in [5.41, 5.74) is 0.0306. The summed E-state index contributed by atoms with van der Waals surface area (Å²) in [5, 5.41) is 15.8. The number of piperidine rings is 1. The molecule has 0 radical (unpaired) electrons. The maximum atomic E-state index is 11.9. The number of hydrogen-bond acceptors (Lipinski definition) is 3. The Hall–Kier alpha value is -0.320. The number of aliphatic hydroxyl groups is 1. The number of halogens is 1. The molecule has 1 saturated carbocycles. The average Bonchev–Trinajstić information content (AvgIpc) is 3.07. The van der Waals surface area contributed by atoms with Crippen molar-refractivity contribution in [3.05, 3.63) is 0 Å². The van der Waals surface area contributed by atoms with Crippen molar-refractivity contribution in [1.82, 2.24) is 10.6 Å². The molecule has 1 amide bonds. The Morgan fingerprint density at radius 2 is 1.89 bits per heavy atom. The summed E-state index contributed by atoms with van der Waals surface area (Å²) in [6, 6.07) is 1.32. The molecular weight excluding hydrogens is 264 g/mol. The molecule has 0 aromatic rings. The van der Waals surface area contributed by atoms with Gasteiger partial charge in [-0.3, -0.25) is 4.79 Å². The van der Waals surface area contributed by atoms with E-state index in [1.165, 1.54) is 12.8 Å². The maximum Gasteiger partial charge on any atom is 0.220 e. The van der Waals surface area contributed by atoms with Crippen LogP contribution in [0.3, 0.4) is 0 Å². The molecule has 1 aliphatic carbocycles. The highest BCUT2D eigenvalue weighted by Gasteiger charge is 2.42. The average molecular weight is 289 g/mol. The highest BCUT2D eigenvalue weighted by Crippen LogP contribution is 2.44. The van der Waals surface area contributed by atoms with Crippen LogP contribution in [0.15, 0.2) is 0 Å². The van der Waals surface area contributed by atoms with Crippen LogP contribution >= 0.6 is 12.4 Å². The summed E-state index contributed by atoms with van der Waals surface area (Å²) in [6.45, 7) is 0.880. The first-order chi connectivity index (χ1) is 8.69. The van der Waals surface area contributed by atoms with Crippen molar-refractivity contribution >= 4 is 18.3 Å².